The highest BCUT2D eigenvalue weighted by Gasteiger charge is 2.27. The molecular weight excluding hydrogens is 282 g/mol. The van der Waals surface area contributed by atoms with Crippen molar-refractivity contribution in [3.8, 4) is 0 Å². The second-order valence-corrected chi connectivity index (χ2v) is 5.15. The van der Waals surface area contributed by atoms with Crippen LogP contribution in [-0.2, 0) is 4.74 Å². The Balaban J connectivity index is 2.16. The molecule has 2 atom stereocenters. The molecule has 2 heterocycles. The number of anilines is 2. The zero-order valence-electron chi connectivity index (χ0n) is 11.7. The largest absolute Gasteiger partial charge is 0.394 e. The van der Waals surface area contributed by atoms with E-state index in [-0.39, 0.29) is 24.1 Å². The summed E-state index contributed by atoms with van der Waals surface area (Å²) in [5.74, 6) is 0.985. The fourth-order valence-electron chi connectivity index (χ4n) is 2.11. The zero-order chi connectivity index (χ0) is 14.5. The molecule has 1 aliphatic rings. The van der Waals surface area contributed by atoms with Gasteiger partial charge >= 0.3 is 0 Å². The van der Waals surface area contributed by atoms with Crippen molar-refractivity contribution >= 4 is 23.5 Å². The molecule has 0 aliphatic carbocycles. The fourth-order valence-corrected chi connectivity index (χ4v) is 2.26. The average Bonchev–Trinajstić information content (AvgIpc) is 2.43. The van der Waals surface area contributed by atoms with Gasteiger partial charge in [-0.15, -0.1) is 0 Å². The van der Waals surface area contributed by atoms with Gasteiger partial charge in [-0.05, 0) is 24.9 Å². The summed E-state index contributed by atoms with van der Waals surface area (Å²) in [4.78, 5) is 14.5. The molecule has 1 aromatic heterocycles. The molecule has 2 rings (SSSR count). The highest BCUT2D eigenvalue weighted by molar-refractivity contribution is 6.28. The van der Waals surface area contributed by atoms with Crippen LogP contribution in [0.3, 0.4) is 0 Å². The lowest BCUT2D eigenvalue weighted by Gasteiger charge is -2.36. The number of aliphatic hydroxyl groups excluding tert-OH is 1. The summed E-state index contributed by atoms with van der Waals surface area (Å²) in [5.41, 5.74) is 0. The topological polar surface area (TPSA) is 83.4 Å². The Labute approximate surface area is 123 Å². The lowest BCUT2D eigenvalue weighted by Crippen LogP contribution is -2.48. The van der Waals surface area contributed by atoms with Gasteiger partial charge in [0.2, 0.25) is 17.2 Å². The maximum atomic E-state index is 9.26. The van der Waals surface area contributed by atoms with Crippen LogP contribution in [0.2, 0.25) is 5.28 Å². The summed E-state index contributed by atoms with van der Waals surface area (Å²) in [6.07, 6.45) is 0.740. The minimum absolute atomic E-state index is 0.00323. The minimum atomic E-state index is -0.235. The number of rotatable bonds is 5. The van der Waals surface area contributed by atoms with Gasteiger partial charge in [0, 0.05) is 19.6 Å². The van der Waals surface area contributed by atoms with Crippen LogP contribution in [-0.4, -0.2) is 58.5 Å². The van der Waals surface area contributed by atoms with Crippen LogP contribution < -0.4 is 10.2 Å². The number of hydrogen-bond acceptors (Lipinski definition) is 7. The first-order chi connectivity index (χ1) is 9.62. The Morgan fingerprint density at radius 1 is 1.40 bits per heavy atom. The quantitative estimate of drug-likeness (QED) is 0.837. The van der Waals surface area contributed by atoms with E-state index in [9.17, 15) is 5.11 Å². The lowest BCUT2D eigenvalue weighted by molar-refractivity contribution is -0.0425. The molecule has 1 saturated heterocycles. The first kappa shape index (κ1) is 15.2. The number of nitrogens with zero attached hydrogens (tertiary/aromatic N) is 4. The van der Waals surface area contributed by atoms with Crippen LogP contribution in [0.15, 0.2) is 0 Å². The van der Waals surface area contributed by atoms with Gasteiger partial charge in [0.1, 0.15) is 0 Å². The Morgan fingerprint density at radius 2 is 2.20 bits per heavy atom. The molecule has 2 N–H and O–H groups in total. The number of halogens is 1. The standard InChI is InChI=1S/C12H20ClN5O2/c1-3-4-14-11-15-10(13)16-12(17-11)18-5-8(2)20-9(6-18)7-19/h8-9,19H,3-7H2,1-2H3,(H,14,15,16,17). The van der Waals surface area contributed by atoms with Crippen molar-refractivity contribution in [3.63, 3.8) is 0 Å². The summed E-state index contributed by atoms with van der Waals surface area (Å²) in [5, 5.41) is 12.5. The highest BCUT2D eigenvalue weighted by Crippen LogP contribution is 2.19. The zero-order valence-corrected chi connectivity index (χ0v) is 12.5. The number of morpholine rings is 1. The minimum Gasteiger partial charge on any atom is -0.394 e. The average molecular weight is 302 g/mol. The van der Waals surface area contributed by atoms with Crippen molar-refractivity contribution in [2.75, 3.05) is 36.5 Å². The van der Waals surface area contributed by atoms with Crippen molar-refractivity contribution in [1.29, 1.82) is 0 Å². The van der Waals surface area contributed by atoms with Crippen LogP contribution >= 0.6 is 11.6 Å². The summed E-state index contributed by atoms with van der Waals surface area (Å²) in [6, 6.07) is 0. The van der Waals surface area contributed by atoms with Gasteiger partial charge in [0.25, 0.3) is 0 Å². The smallest absolute Gasteiger partial charge is 0.231 e. The predicted octanol–water partition coefficient (Wildman–Crippen LogP) is 0.933. The normalized spacial score (nSPS) is 22.9. The molecule has 0 spiro atoms. The van der Waals surface area contributed by atoms with Crippen molar-refractivity contribution in [2.45, 2.75) is 32.5 Å². The lowest BCUT2D eigenvalue weighted by atomic mass is 10.2. The summed E-state index contributed by atoms with van der Waals surface area (Å²) < 4.78 is 5.60. The van der Waals surface area contributed by atoms with Crippen molar-refractivity contribution in [3.05, 3.63) is 5.28 Å². The first-order valence-corrected chi connectivity index (χ1v) is 7.17. The summed E-state index contributed by atoms with van der Waals surface area (Å²) in [6.45, 7) is 5.96. The first-order valence-electron chi connectivity index (χ1n) is 6.79. The van der Waals surface area contributed by atoms with Gasteiger partial charge in [-0.25, -0.2) is 0 Å². The van der Waals surface area contributed by atoms with Crippen molar-refractivity contribution < 1.29 is 9.84 Å². The summed E-state index contributed by atoms with van der Waals surface area (Å²) in [7, 11) is 0. The van der Waals surface area contributed by atoms with Gasteiger partial charge in [0.05, 0.1) is 18.8 Å². The van der Waals surface area contributed by atoms with Gasteiger partial charge in [-0.2, -0.15) is 15.0 Å². The molecule has 2 unspecified atom stereocenters. The van der Waals surface area contributed by atoms with Gasteiger partial charge in [0.15, 0.2) is 0 Å². The van der Waals surface area contributed by atoms with E-state index in [2.05, 4.69) is 27.2 Å². The van der Waals surface area contributed by atoms with Crippen molar-refractivity contribution in [2.24, 2.45) is 0 Å². The molecule has 0 bridgehead atoms. The number of aromatic nitrogens is 3. The van der Waals surface area contributed by atoms with E-state index in [4.69, 9.17) is 16.3 Å². The molecule has 0 saturated carbocycles. The van der Waals surface area contributed by atoms with Crippen LogP contribution in [0.25, 0.3) is 0 Å². The Hall–Kier alpha value is -1.18. The molecular formula is C12H20ClN5O2. The monoisotopic (exact) mass is 301 g/mol. The third kappa shape index (κ3) is 3.91. The molecule has 8 heteroatoms. The third-order valence-electron chi connectivity index (χ3n) is 2.94. The Morgan fingerprint density at radius 3 is 2.90 bits per heavy atom. The van der Waals surface area contributed by atoms with Crippen LogP contribution in [0, 0.1) is 0 Å². The number of hydrogen-bond donors (Lipinski definition) is 2. The van der Waals surface area contributed by atoms with Gasteiger partial charge < -0.3 is 20.1 Å². The van der Waals surface area contributed by atoms with Gasteiger partial charge in [-0.1, -0.05) is 6.92 Å². The Bertz CT molecular complexity index is 448. The number of ether oxygens (including phenoxy) is 1. The molecule has 0 aromatic carbocycles. The summed E-state index contributed by atoms with van der Waals surface area (Å²) >= 11 is 5.95. The van der Waals surface area contributed by atoms with E-state index in [1.54, 1.807) is 0 Å². The number of aliphatic hydroxyl groups is 1. The maximum Gasteiger partial charge on any atom is 0.231 e. The molecule has 7 nitrogen and oxygen atoms in total. The number of nitrogens with one attached hydrogen (secondary N) is 1. The van der Waals surface area contributed by atoms with E-state index in [0.717, 1.165) is 13.0 Å². The van der Waals surface area contributed by atoms with E-state index < -0.39 is 0 Å². The predicted molar refractivity (Wildman–Crippen MR) is 77.3 cm³/mol. The van der Waals surface area contributed by atoms with E-state index in [1.807, 2.05) is 11.8 Å². The van der Waals surface area contributed by atoms with E-state index in [1.165, 1.54) is 0 Å². The van der Waals surface area contributed by atoms with Crippen LogP contribution in [0.1, 0.15) is 20.3 Å². The molecule has 1 aliphatic heterocycles. The van der Waals surface area contributed by atoms with Crippen LogP contribution in [0.4, 0.5) is 11.9 Å². The van der Waals surface area contributed by atoms with E-state index in [0.29, 0.717) is 25.0 Å². The molecule has 112 valence electrons. The second-order valence-electron chi connectivity index (χ2n) is 4.81. The second kappa shape index (κ2) is 7.01. The van der Waals surface area contributed by atoms with E-state index >= 15 is 0 Å². The SMILES string of the molecule is CCCNc1nc(Cl)nc(N2CC(C)OC(CO)C2)n1. The molecule has 0 radical (unpaired) electrons. The van der Waals surface area contributed by atoms with Crippen LogP contribution in [0.5, 0.6) is 0 Å². The van der Waals surface area contributed by atoms with Crippen molar-refractivity contribution in [1.82, 2.24) is 15.0 Å². The highest BCUT2D eigenvalue weighted by atomic mass is 35.5. The molecule has 20 heavy (non-hydrogen) atoms. The fraction of sp³-hybridized carbons (Fsp3) is 0.750. The van der Waals surface area contributed by atoms with Gasteiger partial charge in [-0.3, -0.25) is 0 Å². The molecule has 1 aromatic rings. The molecule has 0 amide bonds. The third-order valence-corrected chi connectivity index (χ3v) is 3.11. The molecule has 1 fully saturated rings. The maximum absolute atomic E-state index is 9.26. The Kier molecular flexibility index (Phi) is 5.33.